The second-order valence-electron chi connectivity index (χ2n) is 2.77. The third-order valence-corrected chi connectivity index (χ3v) is 2.79. The van der Waals surface area contributed by atoms with Crippen molar-refractivity contribution >= 4 is 17.4 Å². The lowest BCUT2D eigenvalue weighted by Gasteiger charge is -2.09. The van der Waals surface area contributed by atoms with E-state index >= 15 is 0 Å². The lowest BCUT2D eigenvalue weighted by molar-refractivity contribution is 0.136. The first-order valence-corrected chi connectivity index (χ1v) is 4.66. The van der Waals surface area contributed by atoms with E-state index in [1.54, 1.807) is 11.3 Å². The first kappa shape index (κ1) is 7.61. The van der Waals surface area contributed by atoms with Gasteiger partial charge in [0.1, 0.15) is 0 Å². The summed E-state index contributed by atoms with van der Waals surface area (Å²) in [6.45, 7) is 1.94. The third kappa shape index (κ3) is 1.18. The quantitative estimate of drug-likeness (QED) is 0.722. The van der Waals surface area contributed by atoms with Crippen LogP contribution < -0.4 is 5.32 Å². The first-order chi connectivity index (χ1) is 5.77. The molecule has 0 aliphatic carbocycles. The molecular formula is C8H9NO2S. The van der Waals surface area contributed by atoms with Crippen LogP contribution in [0.4, 0.5) is 4.79 Å². The van der Waals surface area contributed by atoms with Crippen LogP contribution >= 0.6 is 11.3 Å². The van der Waals surface area contributed by atoms with Crippen LogP contribution in [-0.4, -0.2) is 12.1 Å². The molecule has 1 aromatic heterocycles. The highest BCUT2D eigenvalue weighted by molar-refractivity contribution is 7.10. The van der Waals surface area contributed by atoms with Crippen molar-refractivity contribution in [1.29, 1.82) is 0 Å². The van der Waals surface area contributed by atoms with Gasteiger partial charge in [0.2, 0.25) is 0 Å². The maximum atomic E-state index is 10.8. The lowest BCUT2D eigenvalue weighted by Crippen LogP contribution is -2.23. The van der Waals surface area contributed by atoms with Gasteiger partial charge >= 0.3 is 6.09 Å². The lowest BCUT2D eigenvalue weighted by atomic mass is 10.2. The molecule has 1 amide bonds. The Hall–Kier alpha value is -1.03. The number of ether oxygens (including phenoxy) is 1. The summed E-state index contributed by atoms with van der Waals surface area (Å²) >= 11 is 1.61. The van der Waals surface area contributed by atoms with E-state index in [9.17, 15) is 4.79 Å². The van der Waals surface area contributed by atoms with Crippen LogP contribution in [0.3, 0.4) is 0 Å². The standard InChI is InChI=1S/C8H9NO2S/c1-5-7(11-8(10)9-5)6-3-2-4-12-6/h2-5,7H,1H3,(H,9,10). The molecule has 0 spiro atoms. The molecule has 1 aromatic rings. The molecule has 64 valence electrons. The molecule has 2 heterocycles. The zero-order chi connectivity index (χ0) is 8.55. The normalized spacial score (nSPS) is 28.2. The van der Waals surface area contributed by atoms with E-state index in [1.165, 1.54) is 0 Å². The predicted molar refractivity (Wildman–Crippen MR) is 46.1 cm³/mol. The first-order valence-electron chi connectivity index (χ1n) is 3.78. The molecule has 1 saturated heterocycles. The Balaban J connectivity index is 2.20. The minimum atomic E-state index is -0.319. The number of thiophene rings is 1. The van der Waals surface area contributed by atoms with Crippen LogP contribution in [0.5, 0.6) is 0 Å². The average molecular weight is 183 g/mol. The summed E-state index contributed by atoms with van der Waals surface area (Å²) in [5.41, 5.74) is 0. The number of carbonyl (C=O) groups is 1. The highest BCUT2D eigenvalue weighted by Gasteiger charge is 2.32. The molecule has 2 atom stereocenters. The molecule has 1 aliphatic rings. The van der Waals surface area contributed by atoms with Gasteiger partial charge in [-0.15, -0.1) is 11.3 Å². The molecule has 0 saturated carbocycles. The average Bonchev–Trinajstić information content (AvgIpc) is 2.58. The van der Waals surface area contributed by atoms with Gasteiger partial charge in [-0.3, -0.25) is 0 Å². The van der Waals surface area contributed by atoms with Gasteiger partial charge < -0.3 is 10.1 Å². The van der Waals surface area contributed by atoms with Crippen molar-refractivity contribution in [2.24, 2.45) is 0 Å². The van der Waals surface area contributed by atoms with E-state index in [4.69, 9.17) is 4.74 Å². The molecule has 0 radical (unpaired) electrons. The van der Waals surface area contributed by atoms with Gasteiger partial charge in [-0.2, -0.15) is 0 Å². The van der Waals surface area contributed by atoms with E-state index in [-0.39, 0.29) is 18.2 Å². The van der Waals surface area contributed by atoms with Crippen molar-refractivity contribution in [3.05, 3.63) is 22.4 Å². The molecule has 2 unspecified atom stereocenters. The van der Waals surface area contributed by atoms with Gasteiger partial charge in [0.15, 0.2) is 6.10 Å². The maximum absolute atomic E-state index is 10.8. The fourth-order valence-corrected chi connectivity index (χ4v) is 2.13. The second-order valence-corrected chi connectivity index (χ2v) is 3.75. The molecule has 12 heavy (non-hydrogen) atoms. The van der Waals surface area contributed by atoms with E-state index in [0.717, 1.165) is 4.88 Å². The minimum absolute atomic E-state index is 0.0798. The van der Waals surface area contributed by atoms with Gasteiger partial charge in [-0.25, -0.2) is 4.79 Å². The van der Waals surface area contributed by atoms with Crippen molar-refractivity contribution in [3.8, 4) is 0 Å². The monoisotopic (exact) mass is 183 g/mol. The number of alkyl carbamates (subject to hydrolysis) is 1. The van der Waals surface area contributed by atoms with E-state index in [2.05, 4.69) is 5.32 Å². The smallest absolute Gasteiger partial charge is 0.408 e. The number of nitrogens with one attached hydrogen (secondary N) is 1. The van der Waals surface area contributed by atoms with E-state index in [1.807, 2.05) is 24.4 Å². The molecule has 0 aromatic carbocycles. The van der Waals surface area contributed by atoms with Gasteiger partial charge in [-0.1, -0.05) is 6.07 Å². The maximum Gasteiger partial charge on any atom is 0.408 e. The molecular weight excluding hydrogens is 174 g/mol. The van der Waals surface area contributed by atoms with Crippen molar-refractivity contribution in [3.63, 3.8) is 0 Å². The second kappa shape index (κ2) is 2.79. The van der Waals surface area contributed by atoms with Crippen LogP contribution in [-0.2, 0) is 4.74 Å². The Bertz CT molecular complexity index is 283. The summed E-state index contributed by atoms with van der Waals surface area (Å²) in [6.07, 6.45) is -0.418. The minimum Gasteiger partial charge on any atom is -0.438 e. The summed E-state index contributed by atoms with van der Waals surface area (Å²) < 4.78 is 5.08. The number of amides is 1. The van der Waals surface area contributed by atoms with Crippen molar-refractivity contribution in [1.82, 2.24) is 5.32 Å². The molecule has 1 N–H and O–H groups in total. The topological polar surface area (TPSA) is 38.3 Å². The summed E-state index contributed by atoms with van der Waals surface area (Å²) in [5.74, 6) is 0. The Morgan fingerprint density at radius 2 is 2.50 bits per heavy atom. The number of carbonyl (C=O) groups excluding carboxylic acids is 1. The Morgan fingerprint density at radius 1 is 1.67 bits per heavy atom. The van der Waals surface area contributed by atoms with Gasteiger partial charge in [-0.05, 0) is 18.4 Å². The summed E-state index contributed by atoms with van der Waals surface area (Å²) in [6, 6.07) is 4.02. The summed E-state index contributed by atoms with van der Waals surface area (Å²) in [7, 11) is 0. The Labute approximate surface area is 74.4 Å². The SMILES string of the molecule is CC1NC(=O)OC1c1cccs1. The highest BCUT2D eigenvalue weighted by Crippen LogP contribution is 2.29. The van der Waals surface area contributed by atoms with Gasteiger partial charge in [0.05, 0.1) is 6.04 Å². The largest absolute Gasteiger partial charge is 0.438 e. The molecule has 3 nitrogen and oxygen atoms in total. The Morgan fingerprint density at radius 3 is 3.00 bits per heavy atom. The number of rotatable bonds is 1. The van der Waals surface area contributed by atoms with E-state index in [0.29, 0.717) is 0 Å². The number of hydrogen-bond acceptors (Lipinski definition) is 3. The molecule has 2 rings (SSSR count). The third-order valence-electron chi connectivity index (χ3n) is 1.86. The summed E-state index contributed by atoms with van der Waals surface area (Å²) in [4.78, 5) is 11.9. The Kier molecular flexibility index (Phi) is 1.77. The molecule has 1 aliphatic heterocycles. The van der Waals surface area contributed by atoms with E-state index < -0.39 is 0 Å². The van der Waals surface area contributed by atoms with Crippen molar-refractivity contribution < 1.29 is 9.53 Å². The summed E-state index contributed by atoms with van der Waals surface area (Å²) in [5, 5.41) is 4.68. The van der Waals surface area contributed by atoms with Crippen LogP contribution in [0.25, 0.3) is 0 Å². The van der Waals surface area contributed by atoms with Crippen LogP contribution in [0.1, 0.15) is 17.9 Å². The number of cyclic esters (lactones) is 1. The van der Waals surface area contributed by atoms with Crippen molar-refractivity contribution in [2.75, 3.05) is 0 Å². The molecule has 4 heteroatoms. The predicted octanol–water partition coefficient (Wildman–Crippen LogP) is 1.92. The van der Waals surface area contributed by atoms with Crippen LogP contribution in [0.15, 0.2) is 17.5 Å². The van der Waals surface area contributed by atoms with Crippen LogP contribution in [0, 0.1) is 0 Å². The number of hydrogen-bond donors (Lipinski definition) is 1. The zero-order valence-corrected chi connectivity index (χ0v) is 7.43. The fourth-order valence-electron chi connectivity index (χ4n) is 1.27. The molecule has 0 bridgehead atoms. The molecule has 1 fully saturated rings. The zero-order valence-electron chi connectivity index (χ0n) is 6.61. The van der Waals surface area contributed by atoms with Gasteiger partial charge in [0, 0.05) is 4.88 Å². The van der Waals surface area contributed by atoms with Gasteiger partial charge in [0.25, 0.3) is 0 Å². The van der Waals surface area contributed by atoms with Crippen LogP contribution in [0.2, 0.25) is 0 Å². The highest BCUT2D eigenvalue weighted by atomic mass is 32.1. The van der Waals surface area contributed by atoms with Crippen molar-refractivity contribution in [2.45, 2.75) is 19.1 Å². The fraction of sp³-hybridized carbons (Fsp3) is 0.375.